The fourth-order valence-corrected chi connectivity index (χ4v) is 3.39. The van der Waals surface area contributed by atoms with Gasteiger partial charge >= 0.3 is 0 Å². The van der Waals surface area contributed by atoms with Crippen molar-refractivity contribution in [3.05, 3.63) is 5.82 Å². The average molecular weight is 325 g/mol. The lowest BCUT2D eigenvalue weighted by molar-refractivity contribution is -0.130. The molecule has 7 nitrogen and oxygen atoms in total. The molecular formula is C14H23N5O2S. The first-order chi connectivity index (χ1) is 10.5. The Balaban J connectivity index is 1.86. The van der Waals surface area contributed by atoms with E-state index < -0.39 is 0 Å². The maximum Gasteiger partial charge on any atom is 0.233 e. The Bertz CT molecular complexity index is 545. The molecule has 2 rings (SSSR count). The molecule has 0 radical (unpaired) electrons. The molecule has 1 atom stereocenters. The first-order valence-electron chi connectivity index (χ1n) is 7.54. The summed E-state index contributed by atoms with van der Waals surface area (Å²) in [4.78, 5) is 25.0. The second kappa shape index (κ2) is 7.62. The molecule has 2 N–H and O–H groups in total. The van der Waals surface area contributed by atoms with E-state index in [0.717, 1.165) is 19.5 Å². The SMILES string of the molecule is C[C@H]1CCCN(C(=O)CSc2nnc(CCC(N)=O)n2C)C1. The fourth-order valence-electron chi connectivity index (χ4n) is 2.56. The molecule has 2 heterocycles. The zero-order chi connectivity index (χ0) is 16.1. The van der Waals surface area contributed by atoms with Crippen molar-refractivity contribution in [2.45, 2.75) is 37.8 Å². The first-order valence-corrected chi connectivity index (χ1v) is 8.53. The molecule has 0 bridgehead atoms. The Morgan fingerprint density at radius 1 is 1.41 bits per heavy atom. The number of aromatic nitrogens is 3. The van der Waals surface area contributed by atoms with Gasteiger partial charge in [0.1, 0.15) is 5.82 Å². The van der Waals surface area contributed by atoms with E-state index >= 15 is 0 Å². The number of hydrogen-bond acceptors (Lipinski definition) is 5. The summed E-state index contributed by atoms with van der Waals surface area (Å²) in [6.45, 7) is 3.88. The van der Waals surface area contributed by atoms with E-state index in [0.29, 0.717) is 29.1 Å². The van der Waals surface area contributed by atoms with Crippen LogP contribution in [0.4, 0.5) is 0 Å². The van der Waals surface area contributed by atoms with Crippen LogP contribution in [0.15, 0.2) is 5.16 Å². The van der Waals surface area contributed by atoms with Crippen molar-refractivity contribution in [3.8, 4) is 0 Å². The minimum absolute atomic E-state index is 0.151. The van der Waals surface area contributed by atoms with E-state index in [2.05, 4.69) is 17.1 Å². The summed E-state index contributed by atoms with van der Waals surface area (Å²) in [7, 11) is 1.84. The molecule has 1 aliphatic heterocycles. The molecule has 0 aliphatic carbocycles. The van der Waals surface area contributed by atoms with Gasteiger partial charge in [0.25, 0.3) is 0 Å². The summed E-state index contributed by atoms with van der Waals surface area (Å²) >= 11 is 1.39. The molecule has 1 aromatic rings. The third-order valence-corrected chi connectivity index (χ3v) is 4.86. The van der Waals surface area contributed by atoms with Crippen LogP contribution in [-0.2, 0) is 23.1 Å². The Morgan fingerprint density at radius 3 is 2.86 bits per heavy atom. The Labute approximate surface area is 134 Å². The summed E-state index contributed by atoms with van der Waals surface area (Å²) in [5.74, 6) is 1.46. The van der Waals surface area contributed by atoms with Gasteiger partial charge in [-0.15, -0.1) is 10.2 Å². The summed E-state index contributed by atoms with van der Waals surface area (Å²) in [6.07, 6.45) is 3.00. The first kappa shape index (κ1) is 16.8. The van der Waals surface area contributed by atoms with Crippen molar-refractivity contribution in [2.24, 2.45) is 18.7 Å². The lowest BCUT2D eigenvalue weighted by Gasteiger charge is -2.30. The van der Waals surface area contributed by atoms with Gasteiger partial charge in [-0.1, -0.05) is 18.7 Å². The van der Waals surface area contributed by atoms with Gasteiger partial charge in [0, 0.05) is 33.0 Å². The summed E-state index contributed by atoms with van der Waals surface area (Å²) < 4.78 is 1.82. The number of primary amides is 1. The number of likely N-dealkylation sites (tertiary alicyclic amines) is 1. The number of aryl methyl sites for hydroxylation is 1. The summed E-state index contributed by atoms with van der Waals surface area (Å²) in [5, 5.41) is 8.82. The number of nitrogens with two attached hydrogens (primary N) is 1. The van der Waals surface area contributed by atoms with Gasteiger partial charge in [0.2, 0.25) is 11.8 Å². The van der Waals surface area contributed by atoms with E-state index in [4.69, 9.17) is 5.73 Å². The number of carbonyl (C=O) groups excluding carboxylic acids is 2. The zero-order valence-corrected chi connectivity index (χ0v) is 13.9. The predicted molar refractivity (Wildman–Crippen MR) is 84.2 cm³/mol. The second-order valence-corrected chi connectivity index (χ2v) is 6.74. The van der Waals surface area contributed by atoms with E-state index in [1.54, 1.807) is 0 Å². The number of piperidine rings is 1. The quantitative estimate of drug-likeness (QED) is 0.772. The van der Waals surface area contributed by atoms with Crippen molar-refractivity contribution in [3.63, 3.8) is 0 Å². The highest BCUT2D eigenvalue weighted by Crippen LogP contribution is 2.20. The van der Waals surface area contributed by atoms with Gasteiger partial charge in [-0.2, -0.15) is 0 Å². The lowest BCUT2D eigenvalue weighted by atomic mass is 10.0. The Hall–Kier alpha value is -1.57. The molecule has 122 valence electrons. The number of carbonyl (C=O) groups is 2. The maximum absolute atomic E-state index is 12.2. The van der Waals surface area contributed by atoms with Crippen LogP contribution < -0.4 is 5.73 Å². The van der Waals surface area contributed by atoms with Crippen molar-refractivity contribution < 1.29 is 9.59 Å². The second-order valence-electron chi connectivity index (χ2n) is 5.80. The smallest absolute Gasteiger partial charge is 0.233 e. The molecule has 0 saturated carbocycles. The molecule has 8 heteroatoms. The largest absolute Gasteiger partial charge is 0.370 e. The minimum atomic E-state index is -0.355. The van der Waals surface area contributed by atoms with Crippen LogP contribution in [0.2, 0.25) is 0 Å². The van der Waals surface area contributed by atoms with Gasteiger partial charge in [-0.25, -0.2) is 0 Å². The van der Waals surface area contributed by atoms with Crippen LogP contribution in [-0.4, -0.2) is 50.3 Å². The molecule has 0 aromatic carbocycles. The van der Waals surface area contributed by atoms with Gasteiger partial charge < -0.3 is 15.2 Å². The van der Waals surface area contributed by atoms with Gasteiger partial charge in [-0.05, 0) is 18.8 Å². The van der Waals surface area contributed by atoms with Crippen LogP contribution in [0.5, 0.6) is 0 Å². The van der Waals surface area contributed by atoms with Gasteiger partial charge in [0.05, 0.1) is 5.75 Å². The normalized spacial score (nSPS) is 18.5. The number of thioether (sulfide) groups is 1. The van der Waals surface area contributed by atoms with E-state index in [1.807, 2.05) is 16.5 Å². The van der Waals surface area contributed by atoms with Crippen molar-refractivity contribution >= 4 is 23.6 Å². The lowest BCUT2D eigenvalue weighted by Crippen LogP contribution is -2.40. The molecular weight excluding hydrogens is 302 g/mol. The summed E-state index contributed by atoms with van der Waals surface area (Å²) in [5.41, 5.74) is 5.14. The number of amides is 2. The molecule has 22 heavy (non-hydrogen) atoms. The highest BCUT2D eigenvalue weighted by atomic mass is 32.2. The van der Waals surface area contributed by atoms with E-state index in [9.17, 15) is 9.59 Å². The molecule has 0 unspecified atom stereocenters. The van der Waals surface area contributed by atoms with Crippen molar-refractivity contribution in [1.29, 1.82) is 0 Å². The fraction of sp³-hybridized carbons (Fsp3) is 0.714. The van der Waals surface area contributed by atoms with Crippen molar-refractivity contribution in [2.75, 3.05) is 18.8 Å². The maximum atomic E-state index is 12.2. The third kappa shape index (κ3) is 4.46. The van der Waals surface area contributed by atoms with E-state index in [-0.39, 0.29) is 18.2 Å². The molecule has 1 saturated heterocycles. The van der Waals surface area contributed by atoms with Crippen LogP contribution in [0.3, 0.4) is 0 Å². The average Bonchev–Trinajstić information content (AvgIpc) is 2.83. The highest BCUT2D eigenvalue weighted by Gasteiger charge is 2.21. The summed E-state index contributed by atoms with van der Waals surface area (Å²) in [6, 6.07) is 0. The standard InChI is InChI=1S/C14H23N5O2S/c1-10-4-3-7-19(8-10)13(21)9-22-14-17-16-12(18(14)2)6-5-11(15)20/h10H,3-9H2,1-2H3,(H2,15,20)/t10-/m0/s1. The number of hydrogen-bond donors (Lipinski definition) is 1. The molecule has 0 spiro atoms. The van der Waals surface area contributed by atoms with Crippen molar-refractivity contribution in [1.82, 2.24) is 19.7 Å². The highest BCUT2D eigenvalue weighted by molar-refractivity contribution is 7.99. The van der Waals surface area contributed by atoms with E-state index in [1.165, 1.54) is 18.2 Å². The molecule has 1 fully saturated rings. The van der Waals surface area contributed by atoms with Crippen LogP contribution >= 0.6 is 11.8 Å². The number of rotatable bonds is 6. The zero-order valence-electron chi connectivity index (χ0n) is 13.1. The van der Waals surface area contributed by atoms with Crippen LogP contribution in [0.1, 0.15) is 32.0 Å². The van der Waals surface area contributed by atoms with Crippen LogP contribution in [0, 0.1) is 5.92 Å². The third-order valence-electron chi connectivity index (χ3n) is 3.85. The predicted octanol–water partition coefficient (Wildman–Crippen LogP) is 0.584. The van der Waals surface area contributed by atoms with Gasteiger partial charge in [-0.3, -0.25) is 9.59 Å². The Morgan fingerprint density at radius 2 is 2.18 bits per heavy atom. The molecule has 1 aromatic heterocycles. The Kier molecular flexibility index (Phi) is 5.82. The molecule has 1 aliphatic rings. The van der Waals surface area contributed by atoms with Crippen LogP contribution in [0.25, 0.3) is 0 Å². The monoisotopic (exact) mass is 325 g/mol. The topological polar surface area (TPSA) is 94.1 Å². The number of nitrogens with zero attached hydrogens (tertiary/aromatic N) is 4. The minimum Gasteiger partial charge on any atom is -0.370 e. The van der Waals surface area contributed by atoms with Gasteiger partial charge in [0.15, 0.2) is 5.16 Å². The molecule has 2 amide bonds.